The lowest BCUT2D eigenvalue weighted by Crippen LogP contribution is -2.31. The molecule has 0 radical (unpaired) electrons. The second-order valence-corrected chi connectivity index (χ2v) is 5.07. The number of carbonyl (C=O) groups is 2. The number of hydrogen-bond donors (Lipinski definition) is 1. The smallest absolute Gasteiger partial charge is 0.357 e. The number of amides is 1. The quantitative estimate of drug-likeness (QED) is 0.861. The van der Waals surface area contributed by atoms with Gasteiger partial charge in [-0.1, -0.05) is 29.8 Å². The molecule has 0 fully saturated rings. The van der Waals surface area contributed by atoms with Crippen LogP contribution in [-0.4, -0.2) is 23.5 Å². The van der Waals surface area contributed by atoms with Gasteiger partial charge in [-0.2, -0.15) is 0 Å². The largest absolute Gasteiger partial charge is 0.451 e. The lowest BCUT2D eigenvalue weighted by molar-refractivity contribution is -0.124. The average molecular weight is 319 g/mol. The highest BCUT2D eigenvalue weighted by atomic mass is 35.5. The van der Waals surface area contributed by atoms with Crippen molar-refractivity contribution in [2.75, 3.05) is 6.61 Å². The molecule has 1 heterocycles. The summed E-state index contributed by atoms with van der Waals surface area (Å²) in [7, 11) is 0. The third-order valence-electron chi connectivity index (χ3n) is 2.96. The molecule has 22 heavy (non-hydrogen) atoms. The molecule has 5 nitrogen and oxygen atoms in total. The standard InChI is InChI=1S/C16H15ClN2O3/c1-11(12-5-7-13(17)8-6-12)19-15(20)10-22-16(21)14-4-2-3-9-18-14/h2-9,11H,10H2,1H3,(H,19,20)/t11-/m0/s1. The summed E-state index contributed by atoms with van der Waals surface area (Å²) < 4.78 is 4.91. The van der Waals surface area contributed by atoms with Crippen LogP contribution < -0.4 is 5.32 Å². The maximum Gasteiger partial charge on any atom is 0.357 e. The summed E-state index contributed by atoms with van der Waals surface area (Å²) in [5.74, 6) is -1.01. The summed E-state index contributed by atoms with van der Waals surface area (Å²) in [5, 5.41) is 3.37. The van der Waals surface area contributed by atoms with Crippen LogP contribution in [0, 0.1) is 0 Å². The normalized spacial score (nSPS) is 11.5. The Hall–Kier alpha value is -2.40. The number of hydrogen-bond acceptors (Lipinski definition) is 4. The van der Waals surface area contributed by atoms with Crippen LogP contribution in [0.3, 0.4) is 0 Å². The number of carbonyl (C=O) groups excluding carboxylic acids is 2. The summed E-state index contributed by atoms with van der Waals surface area (Å²) in [4.78, 5) is 27.3. The SMILES string of the molecule is C[C@H](NC(=O)COC(=O)c1ccccn1)c1ccc(Cl)cc1. The molecule has 1 aromatic carbocycles. The Kier molecular flexibility index (Phi) is 5.49. The fraction of sp³-hybridized carbons (Fsp3) is 0.188. The van der Waals surface area contributed by atoms with Crippen LogP contribution in [0.1, 0.15) is 29.0 Å². The van der Waals surface area contributed by atoms with Crippen LogP contribution in [0.15, 0.2) is 48.7 Å². The molecule has 1 amide bonds. The van der Waals surface area contributed by atoms with Gasteiger partial charge >= 0.3 is 5.97 Å². The highest BCUT2D eigenvalue weighted by molar-refractivity contribution is 6.30. The molecule has 0 aliphatic carbocycles. The van der Waals surface area contributed by atoms with Crippen LogP contribution in [0.5, 0.6) is 0 Å². The van der Waals surface area contributed by atoms with Gasteiger partial charge in [-0.3, -0.25) is 4.79 Å². The van der Waals surface area contributed by atoms with Crippen LogP contribution in [0.25, 0.3) is 0 Å². The molecule has 0 unspecified atom stereocenters. The minimum absolute atomic E-state index is 0.168. The number of pyridine rings is 1. The van der Waals surface area contributed by atoms with Crippen molar-refractivity contribution in [2.24, 2.45) is 0 Å². The first-order valence-electron chi connectivity index (χ1n) is 6.69. The van der Waals surface area contributed by atoms with Crippen molar-refractivity contribution in [3.05, 3.63) is 64.9 Å². The first kappa shape index (κ1) is 16.0. The molecule has 0 aliphatic rings. The van der Waals surface area contributed by atoms with Gasteiger partial charge in [-0.15, -0.1) is 0 Å². The van der Waals surface area contributed by atoms with Crippen molar-refractivity contribution in [3.8, 4) is 0 Å². The molecule has 6 heteroatoms. The molecule has 2 aromatic rings. The lowest BCUT2D eigenvalue weighted by Gasteiger charge is -2.14. The Labute approximate surface area is 133 Å². The number of nitrogens with zero attached hydrogens (tertiary/aromatic N) is 1. The fourth-order valence-corrected chi connectivity index (χ4v) is 1.93. The monoisotopic (exact) mass is 318 g/mol. The third-order valence-corrected chi connectivity index (χ3v) is 3.21. The Bertz CT molecular complexity index is 644. The van der Waals surface area contributed by atoms with E-state index in [1.165, 1.54) is 12.3 Å². The average Bonchev–Trinajstić information content (AvgIpc) is 2.54. The van der Waals surface area contributed by atoms with Gasteiger partial charge in [0.25, 0.3) is 5.91 Å². The molecule has 1 aromatic heterocycles. The summed E-state index contributed by atoms with van der Waals surface area (Å²) in [6.45, 7) is 1.48. The molecule has 0 saturated heterocycles. The zero-order chi connectivity index (χ0) is 15.9. The Morgan fingerprint density at radius 1 is 1.23 bits per heavy atom. The zero-order valence-corrected chi connectivity index (χ0v) is 12.7. The van der Waals surface area contributed by atoms with Gasteiger partial charge < -0.3 is 10.1 Å². The molecular formula is C16H15ClN2O3. The van der Waals surface area contributed by atoms with Gasteiger partial charge in [-0.05, 0) is 36.8 Å². The van der Waals surface area contributed by atoms with Crippen LogP contribution in [0.2, 0.25) is 5.02 Å². The van der Waals surface area contributed by atoms with E-state index in [9.17, 15) is 9.59 Å². The summed E-state index contributed by atoms with van der Waals surface area (Å²) >= 11 is 5.81. The van der Waals surface area contributed by atoms with Crippen molar-refractivity contribution >= 4 is 23.5 Å². The Morgan fingerprint density at radius 3 is 2.59 bits per heavy atom. The maximum atomic E-state index is 11.8. The van der Waals surface area contributed by atoms with Crippen LogP contribution >= 0.6 is 11.6 Å². The predicted molar refractivity (Wildman–Crippen MR) is 82.5 cm³/mol. The van der Waals surface area contributed by atoms with Crippen LogP contribution in [-0.2, 0) is 9.53 Å². The van der Waals surface area contributed by atoms with Gasteiger partial charge in [0.15, 0.2) is 6.61 Å². The second kappa shape index (κ2) is 7.56. The number of rotatable bonds is 5. The maximum absolute atomic E-state index is 11.8. The topological polar surface area (TPSA) is 68.3 Å². The van der Waals surface area contributed by atoms with Crippen molar-refractivity contribution < 1.29 is 14.3 Å². The first-order valence-corrected chi connectivity index (χ1v) is 7.07. The van der Waals surface area contributed by atoms with Gasteiger partial charge in [-0.25, -0.2) is 9.78 Å². The van der Waals surface area contributed by atoms with E-state index in [0.717, 1.165) is 5.56 Å². The molecule has 1 atom stereocenters. The number of benzene rings is 1. The summed E-state index contributed by atoms with van der Waals surface area (Å²) in [5.41, 5.74) is 1.08. The number of nitrogens with one attached hydrogen (secondary N) is 1. The highest BCUT2D eigenvalue weighted by Gasteiger charge is 2.13. The van der Waals surface area contributed by atoms with E-state index in [1.54, 1.807) is 24.3 Å². The van der Waals surface area contributed by atoms with Crippen molar-refractivity contribution in [1.29, 1.82) is 0 Å². The number of aromatic nitrogens is 1. The van der Waals surface area contributed by atoms with Gasteiger partial charge in [0, 0.05) is 11.2 Å². The Balaban J connectivity index is 1.83. The van der Waals surface area contributed by atoms with Gasteiger partial charge in [0.2, 0.25) is 0 Å². The number of halogens is 1. The molecular weight excluding hydrogens is 304 g/mol. The zero-order valence-electron chi connectivity index (χ0n) is 12.0. The van der Waals surface area contributed by atoms with Crippen LogP contribution in [0.4, 0.5) is 0 Å². The van der Waals surface area contributed by atoms with E-state index in [4.69, 9.17) is 16.3 Å². The molecule has 2 rings (SSSR count). The minimum Gasteiger partial charge on any atom is -0.451 e. The van der Waals surface area contributed by atoms with Crippen molar-refractivity contribution in [3.63, 3.8) is 0 Å². The molecule has 0 spiro atoms. The third kappa shape index (κ3) is 4.56. The number of esters is 1. The predicted octanol–water partition coefficient (Wildman–Crippen LogP) is 2.77. The fourth-order valence-electron chi connectivity index (χ4n) is 1.81. The van der Waals surface area contributed by atoms with E-state index in [2.05, 4.69) is 10.3 Å². The van der Waals surface area contributed by atoms with E-state index in [-0.39, 0.29) is 24.2 Å². The van der Waals surface area contributed by atoms with E-state index in [0.29, 0.717) is 5.02 Å². The molecule has 0 aliphatic heterocycles. The second-order valence-electron chi connectivity index (χ2n) is 4.63. The minimum atomic E-state index is -0.630. The Morgan fingerprint density at radius 2 is 1.95 bits per heavy atom. The van der Waals surface area contributed by atoms with E-state index in [1.807, 2.05) is 19.1 Å². The van der Waals surface area contributed by atoms with Gasteiger partial charge in [0.1, 0.15) is 5.69 Å². The van der Waals surface area contributed by atoms with Crippen molar-refractivity contribution in [2.45, 2.75) is 13.0 Å². The first-order chi connectivity index (χ1) is 10.6. The lowest BCUT2D eigenvalue weighted by atomic mass is 10.1. The number of ether oxygens (including phenoxy) is 1. The molecule has 1 N–H and O–H groups in total. The molecule has 114 valence electrons. The summed E-state index contributed by atoms with van der Waals surface area (Å²) in [6.07, 6.45) is 1.49. The molecule has 0 bridgehead atoms. The van der Waals surface area contributed by atoms with E-state index >= 15 is 0 Å². The molecule has 0 saturated carbocycles. The van der Waals surface area contributed by atoms with Crippen molar-refractivity contribution in [1.82, 2.24) is 10.3 Å². The van der Waals surface area contributed by atoms with Gasteiger partial charge in [0.05, 0.1) is 6.04 Å². The highest BCUT2D eigenvalue weighted by Crippen LogP contribution is 2.15. The van der Waals surface area contributed by atoms with E-state index < -0.39 is 5.97 Å². The summed E-state index contributed by atoms with van der Waals surface area (Å²) in [6, 6.07) is 11.8.